The molecule has 0 saturated heterocycles. The number of nitrogens with zero attached hydrogens (tertiary/aromatic N) is 1. The molecule has 156 valence electrons. The molecule has 1 heterocycles. The zero-order valence-corrected chi connectivity index (χ0v) is 18.0. The van der Waals surface area contributed by atoms with Gasteiger partial charge in [0.1, 0.15) is 12.4 Å². The molecular formula is C22H28N2O4S. The summed E-state index contributed by atoms with van der Waals surface area (Å²) >= 11 is 0. The molecule has 1 amide bonds. The molecule has 0 aromatic heterocycles. The third-order valence-corrected chi connectivity index (χ3v) is 6.17. The highest BCUT2D eigenvalue weighted by atomic mass is 32.2. The van der Waals surface area contributed by atoms with Gasteiger partial charge in [-0.3, -0.25) is 9.52 Å². The van der Waals surface area contributed by atoms with Crippen molar-refractivity contribution in [3.05, 3.63) is 54.1 Å². The lowest BCUT2D eigenvalue weighted by Crippen LogP contribution is -2.42. The molecule has 0 radical (unpaired) electrons. The summed E-state index contributed by atoms with van der Waals surface area (Å²) in [6.07, 6.45) is 1.25. The Morgan fingerprint density at radius 1 is 1.14 bits per heavy atom. The Hall–Kier alpha value is -2.54. The van der Waals surface area contributed by atoms with Crippen LogP contribution in [0.4, 0.5) is 11.4 Å². The van der Waals surface area contributed by atoms with Crippen LogP contribution < -0.4 is 14.4 Å². The lowest BCUT2D eigenvalue weighted by atomic mass is 9.93. The Morgan fingerprint density at radius 2 is 1.86 bits per heavy atom. The first-order valence-electron chi connectivity index (χ1n) is 9.85. The maximum absolute atomic E-state index is 12.9. The molecule has 3 rings (SSSR count). The van der Waals surface area contributed by atoms with Crippen LogP contribution in [0.15, 0.2) is 48.5 Å². The van der Waals surface area contributed by atoms with E-state index in [0.717, 1.165) is 12.0 Å². The van der Waals surface area contributed by atoms with E-state index in [1.165, 1.54) is 0 Å². The van der Waals surface area contributed by atoms with Crippen LogP contribution in [0.5, 0.6) is 5.75 Å². The Morgan fingerprint density at radius 3 is 2.55 bits per heavy atom. The molecule has 0 bridgehead atoms. The van der Waals surface area contributed by atoms with E-state index in [0.29, 0.717) is 30.1 Å². The first-order chi connectivity index (χ1) is 13.7. The Kier molecular flexibility index (Phi) is 6.17. The average molecular weight is 417 g/mol. The topological polar surface area (TPSA) is 75.7 Å². The molecule has 0 fully saturated rings. The monoisotopic (exact) mass is 416 g/mol. The van der Waals surface area contributed by atoms with Gasteiger partial charge < -0.3 is 9.64 Å². The number of carbonyl (C=O) groups is 1. The highest BCUT2D eigenvalue weighted by molar-refractivity contribution is 7.92. The average Bonchev–Trinajstić information content (AvgIpc) is 2.77. The Bertz CT molecular complexity index is 972. The number of benzene rings is 2. The SMILES string of the molecule is CCCN1C(=O)C(C)(C)COc2cc(NS(=O)(=O)CCc3ccccc3)ccc21. The standard InChI is InChI=1S/C22H28N2O4S/c1-4-13-24-19-11-10-18(15-20(19)28-16-22(2,3)21(24)25)23-29(26,27)14-12-17-8-6-5-7-9-17/h5-11,15,23H,4,12-14,16H2,1-3H3. The van der Waals surface area contributed by atoms with Crippen LogP contribution >= 0.6 is 0 Å². The zero-order valence-electron chi connectivity index (χ0n) is 17.1. The van der Waals surface area contributed by atoms with Crippen molar-refractivity contribution in [1.82, 2.24) is 0 Å². The summed E-state index contributed by atoms with van der Waals surface area (Å²) in [6.45, 7) is 6.55. The number of ether oxygens (including phenoxy) is 1. The molecule has 2 aromatic carbocycles. The van der Waals surface area contributed by atoms with Crippen LogP contribution in [0.25, 0.3) is 0 Å². The van der Waals surface area contributed by atoms with E-state index < -0.39 is 15.4 Å². The van der Waals surface area contributed by atoms with Gasteiger partial charge in [-0.05, 0) is 44.4 Å². The number of amides is 1. The number of rotatable bonds is 7. The van der Waals surface area contributed by atoms with Gasteiger partial charge in [0.15, 0.2) is 0 Å². The van der Waals surface area contributed by atoms with Crippen LogP contribution in [-0.2, 0) is 21.2 Å². The fraction of sp³-hybridized carbons (Fsp3) is 0.409. The summed E-state index contributed by atoms with van der Waals surface area (Å²) in [4.78, 5) is 14.6. The molecule has 6 nitrogen and oxygen atoms in total. The quantitative estimate of drug-likeness (QED) is 0.744. The smallest absolute Gasteiger partial charge is 0.236 e. The molecule has 0 atom stereocenters. The minimum Gasteiger partial charge on any atom is -0.490 e. The van der Waals surface area contributed by atoms with Gasteiger partial charge in [0.2, 0.25) is 15.9 Å². The largest absolute Gasteiger partial charge is 0.490 e. The van der Waals surface area contributed by atoms with Crippen molar-refractivity contribution in [2.75, 3.05) is 28.5 Å². The van der Waals surface area contributed by atoms with E-state index in [2.05, 4.69) is 4.72 Å². The van der Waals surface area contributed by atoms with Crippen LogP contribution in [0.1, 0.15) is 32.8 Å². The molecule has 0 spiro atoms. The van der Waals surface area contributed by atoms with E-state index in [-0.39, 0.29) is 18.3 Å². The second-order valence-electron chi connectivity index (χ2n) is 7.97. The lowest BCUT2D eigenvalue weighted by Gasteiger charge is -2.27. The first-order valence-corrected chi connectivity index (χ1v) is 11.5. The third kappa shape index (κ3) is 5.09. The molecule has 7 heteroatoms. The van der Waals surface area contributed by atoms with Crippen LogP contribution in [-0.4, -0.2) is 33.2 Å². The van der Waals surface area contributed by atoms with Crippen LogP contribution in [0, 0.1) is 5.41 Å². The van der Waals surface area contributed by atoms with Gasteiger partial charge in [0.25, 0.3) is 0 Å². The van der Waals surface area contributed by atoms with Gasteiger partial charge >= 0.3 is 0 Å². The predicted octanol–water partition coefficient (Wildman–Crippen LogP) is 3.83. The van der Waals surface area contributed by atoms with Crippen molar-refractivity contribution in [3.63, 3.8) is 0 Å². The second-order valence-corrected chi connectivity index (χ2v) is 9.81. The minimum atomic E-state index is -3.51. The first kappa shape index (κ1) is 21.2. The number of hydrogen-bond donors (Lipinski definition) is 1. The molecule has 2 aromatic rings. The number of hydrogen-bond acceptors (Lipinski definition) is 4. The van der Waals surface area contributed by atoms with Crippen molar-refractivity contribution in [2.24, 2.45) is 5.41 Å². The third-order valence-electron chi connectivity index (χ3n) is 4.89. The second kappa shape index (κ2) is 8.45. The highest BCUT2D eigenvalue weighted by Gasteiger charge is 2.37. The number of carbonyl (C=O) groups excluding carboxylic acids is 1. The summed E-state index contributed by atoms with van der Waals surface area (Å²) in [7, 11) is -3.51. The molecule has 1 aliphatic heterocycles. The number of anilines is 2. The van der Waals surface area contributed by atoms with E-state index in [9.17, 15) is 13.2 Å². The Labute approximate surface area is 172 Å². The number of fused-ring (bicyclic) bond motifs is 1. The predicted molar refractivity (Wildman–Crippen MR) is 116 cm³/mol. The van der Waals surface area contributed by atoms with Gasteiger partial charge in [0, 0.05) is 12.6 Å². The molecule has 0 aliphatic carbocycles. The van der Waals surface area contributed by atoms with Crippen molar-refractivity contribution < 1.29 is 17.9 Å². The summed E-state index contributed by atoms with van der Waals surface area (Å²) in [6, 6.07) is 14.6. The molecule has 29 heavy (non-hydrogen) atoms. The van der Waals surface area contributed by atoms with Gasteiger partial charge in [0.05, 0.1) is 22.5 Å². The van der Waals surface area contributed by atoms with Crippen molar-refractivity contribution in [3.8, 4) is 5.75 Å². The van der Waals surface area contributed by atoms with Gasteiger partial charge in [-0.1, -0.05) is 37.3 Å². The Balaban J connectivity index is 1.79. The summed E-state index contributed by atoms with van der Waals surface area (Å²) in [5, 5.41) is 0. The van der Waals surface area contributed by atoms with Gasteiger partial charge in [-0.2, -0.15) is 0 Å². The highest BCUT2D eigenvalue weighted by Crippen LogP contribution is 2.38. The van der Waals surface area contributed by atoms with Crippen molar-refractivity contribution >= 4 is 27.3 Å². The molecular weight excluding hydrogens is 388 g/mol. The van der Waals surface area contributed by atoms with Crippen molar-refractivity contribution in [2.45, 2.75) is 33.6 Å². The lowest BCUT2D eigenvalue weighted by molar-refractivity contribution is -0.127. The molecule has 0 unspecified atom stereocenters. The fourth-order valence-corrected chi connectivity index (χ4v) is 4.38. The summed E-state index contributed by atoms with van der Waals surface area (Å²) < 4.78 is 33.6. The van der Waals surface area contributed by atoms with Gasteiger partial charge in [-0.25, -0.2) is 8.42 Å². The maximum atomic E-state index is 12.9. The number of aryl methyl sites for hydroxylation is 1. The maximum Gasteiger partial charge on any atom is 0.236 e. The number of sulfonamides is 1. The zero-order chi connectivity index (χ0) is 21.1. The molecule has 1 aliphatic rings. The summed E-state index contributed by atoms with van der Waals surface area (Å²) in [5.74, 6) is 0.512. The van der Waals surface area contributed by atoms with Gasteiger partial charge in [-0.15, -0.1) is 0 Å². The van der Waals surface area contributed by atoms with Crippen molar-refractivity contribution in [1.29, 1.82) is 0 Å². The minimum absolute atomic E-state index is 0.00860. The summed E-state index contributed by atoms with van der Waals surface area (Å²) in [5.41, 5.74) is 1.43. The van der Waals surface area contributed by atoms with E-state index in [1.807, 2.05) is 51.1 Å². The fourth-order valence-electron chi connectivity index (χ4n) is 3.28. The van der Waals surface area contributed by atoms with Crippen LogP contribution in [0.2, 0.25) is 0 Å². The molecule has 0 saturated carbocycles. The van der Waals surface area contributed by atoms with Crippen LogP contribution in [0.3, 0.4) is 0 Å². The van der Waals surface area contributed by atoms with E-state index >= 15 is 0 Å². The normalized spacial score (nSPS) is 16.0. The van der Waals surface area contributed by atoms with E-state index in [1.54, 1.807) is 23.1 Å². The van der Waals surface area contributed by atoms with E-state index in [4.69, 9.17) is 4.74 Å². The number of nitrogens with one attached hydrogen (secondary N) is 1. The molecule has 1 N–H and O–H groups in total.